The lowest BCUT2D eigenvalue weighted by atomic mass is 10.1. The van der Waals surface area contributed by atoms with E-state index in [4.69, 9.17) is 0 Å². The number of nitrogens with zero attached hydrogens (tertiary/aromatic N) is 1. The molecule has 106 valence electrons. The average molecular weight is 286 g/mol. The molecule has 0 saturated heterocycles. The summed E-state index contributed by atoms with van der Waals surface area (Å²) in [5, 5.41) is 10.5. The second-order valence-electron chi connectivity index (χ2n) is 4.24. The highest BCUT2D eigenvalue weighted by molar-refractivity contribution is 7.89. The molecule has 0 aliphatic carbocycles. The van der Waals surface area contributed by atoms with Crippen LogP contribution in [0.3, 0.4) is 0 Å². The number of hydrogen-bond donors (Lipinski definition) is 1. The van der Waals surface area contributed by atoms with Crippen LogP contribution in [0.5, 0.6) is 0 Å². The van der Waals surface area contributed by atoms with Crippen LogP contribution in [0.4, 0.5) is 5.69 Å². The van der Waals surface area contributed by atoms with Crippen LogP contribution >= 0.6 is 0 Å². The second kappa shape index (κ2) is 7.20. The monoisotopic (exact) mass is 286 g/mol. The van der Waals surface area contributed by atoms with Crippen LogP contribution in [-0.2, 0) is 16.4 Å². The number of nitro benzene ring substituents is 1. The fourth-order valence-electron chi connectivity index (χ4n) is 1.54. The zero-order chi connectivity index (χ0) is 14.3. The minimum Gasteiger partial charge on any atom is -0.258 e. The molecule has 1 N–H and O–H groups in total. The van der Waals surface area contributed by atoms with Gasteiger partial charge in [0, 0.05) is 18.7 Å². The number of nitrogens with one attached hydrogen (secondary N) is 1. The predicted octanol–water partition coefficient (Wildman–Crippen LogP) is 1.86. The Balaban J connectivity index is 2.43. The van der Waals surface area contributed by atoms with Gasteiger partial charge in [-0.1, -0.05) is 25.5 Å². The fourth-order valence-corrected chi connectivity index (χ4v) is 2.77. The summed E-state index contributed by atoms with van der Waals surface area (Å²) in [6.45, 7) is 2.25. The number of benzene rings is 1. The lowest BCUT2D eigenvalue weighted by Crippen LogP contribution is -2.28. The second-order valence-corrected chi connectivity index (χ2v) is 6.17. The van der Waals surface area contributed by atoms with E-state index in [1.807, 2.05) is 6.92 Å². The number of non-ortho nitro benzene ring substituents is 1. The van der Waals surface area contributed by atoms with Crippen LogP contribution in [0.15, 0.2) is 24.3 Å². The Hall–Kier alpha value is -1.47. The van der Waals surface area contributed by atoms with Gasteiger partial charge in [-0.05, 0) is 18.4 Å². The van der Waals surface area contributed by atoms with Gasteiger partial charge in [-0.2, -0.15) is 0 Å². The molecule has 1 rings (SSSR count). The molecule has 19 heavy (non-hydrogen) atoms. The Kier molecular flexibility index (Phi) is 5.91. The van der Waals surface area contributed by atoms with Crippen molar-refractivity contribution in [2.75, 3.05) is 12.3 Å². The highest BCUT2D eigenvalue weighted by atomic mass is 32.2. The third kappa shape index (κ3) is 5.80. The first-order chi connectivity index (χ1) is 8.94. The highest BCUT2D eigenvalue weighted by Crippen LogP contribution is 2.12. The quantitative estimate of drug-likeness (QED) is 0.583. The van der Waals surface area contributed by atoms with E-state index in [-0.39, 0.29) is 11.4 Å². The first-order valence-corrected chi connectivity index (χ1v) is 7.80. The van der Waals surface area contributed by atoms with Gasteiger partial charge >= 0.3 is 0 Å². The molecule has 0 heterocycles. The van der Waals surface area contributed by atoms with Crippen molar-refractivity contribution >= 4 is 15.7 Å². The lowest BCUT2D eigenvalue weighted by molar-refractivity contribution is -0.384. The van der Waals surface area contributed by atoms with Crippen molar-refractivity contribution in [1.82, 2.24) is 4.72 Å². The van der Waals surface area contributed by atoms with E-state index in [0.717, 1.165) is 12.0 Å². The Labute approximate surface area is 113 Å². The number of nitro groups is 1. The van der Waals surface area contributed by atoms with Crippen molar-refractivity contribution in [2.45, 2.75) is 26.2 Å². The largest absolute Gasteiger partial charge is 0.269 e. The summed E-state index contributed by atoms with van der Waals surface area (Å²) in [6, 6.07) is 6.11. The maximum absolute atomic E-state index is 11.5. The van der Waals surface area contributed by atoms with Gasteiger partial charge in [-0.3, -0.25) is 10.1 Å². The van der Waals surface area contributed by atoms with E-state index < -0.39 is 14.9 Å². The summed E-state index contributed by atoms with van der Waals surface area (Å²) in [6.07, 6.45) is 2.00. The van der Waals surface area contributed by atoms with Crippen molar-refractivity contribution in [1.29, 1.82) is 0 Å². The molecule has 0 aromatic heterocycles. The summed E-state index contributed by atoms with van der Waals surface area (Å²) in [5.74, 6) is 0.143. The van der Waals surface area contributed by atoms with Gasteiger partial charge in [0.15, 0.2) is 0 Å². The van der Waals surface area contributed by atoms with Crippen molar-refractivity contribution in [2.24, 2.45) is 0 Å². The summed E-state index contributed by atoms with van der Waals surface area (Å²) in [7, 11) is -3.19. The van der Waals surface area contributed by atoms with Gasteiger partial charge < -0.3 is 0 Å². The van der Waals surface area contributed by atoms with E-state index in [1.165, 1.54) is 12.1 Å². The Morgan fingerprint density at radius 3 is 2.42 bits per heavy atom. The minimum absolute atomic E-state index is 0.0345. The van der Waals surface area contributed by atoms with Crippen molar-refractivity contribution in [3.8, 4) is 0 Å². The van der Waals surface area contributed by atoms with E-state index in [2.05, 4.69) is 4.72 Å². The van der Waals surface area contributed by atoms with Gasteiger partial charge in [0.05, 0.1) is 10.7 Å². The predicted molar refractivity (Wildman–Crippen MR) is 73.5 cm³/mol. The van der Waals surface area contributed by atoms with Crippen molar-refractivity contribution in [3.63, 3.8) is 0 Å². The standard InChI is InChI=1S/C12H18N2O4S/c1-2-3-10-19(17,18)13-9-8-11-4-6-12(7-5-11)14(15)16/h4-7,13H,2-3,8-10H2,1H3. The molecule has 0 saturated carbocycles. The first-order valence-electron chi connectivity index (χ1n) is 6.15. The third-order valence-corrected chi connectivity index (χ3v) is 4.12. The molecular weight excluding hydrogens is 268 g/mol. The molecule has 0 spiro atoms. The summed E-state index contributed by atoms with van der Waals surface area (Å²) >= 11 is 0. The third-order valence-electron chi connectivity index (χ3n) is 2.65. The van der Waals surface area contributed by atoms with Gasteiger partial charge in [0.2, 0.25) is 10.0 Å². The molecule has 1 aromatic rings. The number of sulfonamides is 1. The molecule has 7 heteroatoms. The molecular formula is C12H18N2O4S. The van der Waals surface area contributed by atoms with Crippen LogP contribution < -0.4 is 4.72 Å². The normalized spacial score (nSPS) is 11.4. The smallest absolute Gasteiger partial charge is 0.258 e. The van der Waals surface area contributed by atoms with Crippen LogP contribution in [0, 0.1) is 10.1 Å². The zero-order valence-corrected chi connectivity index (χ0v) is 11.6. The zero-order valence-electron chi connectivity index (χ0n) is 10.8. The molecule has 0 radical (unpaired) electrons. The summed E-state index contributed by atoms with van der Waals surface area (Å²) in [5.41, 5.74) is 0.899. The van der Waals surface area contributed by atoms with Gasteiger partial charge in [-0.25, -0.2) is 13.1 Å². The number of hydrogen-bond acceptors (Lipinski definition) is 4. The van der Waals surface area contributed by atoms with Crippen molar-refractivity contribution in [3.05, 3.63) is 39.9 Å². The molecule has 0 unspecified atom stereocenters. The number of rotatable bonds is 8. The van der Waals surface area contributed by atoms with Crippen LogP contribution in [0.25, 0.3) is 0 Å². The topological polar surface area (TPSA) is 89.3 Å². The fraction of sp³-hybridized carbons (Fsp3) is 0.500. The number of unbranched alkanes of at least 4 members (excludes halogenated alkanes) is 1. The summed E-state index contributed by atoms with van der Waals surface area (Å²) in [4.78, 5) is 10.0. The van der Waals surface area contributed by atoms with Gasteiger partial charge in [-0.15, -0.1) is 0 Å². The van der Waals surface area contributed by atoms with Crippen LogP contribution in [-0.4, -0.2) is 25.6 Å². The highest BCUT2D eigenvalue weighted by Gasteiger charge is 2.09. The van der Waals surface area contributed by atoms with Gasteiger partial charge in [0.1, 0.15) is 0 Å². The van der Waals surface area contributed by atoms with Crippen molar-refractivity contribution < 1.29 is 13.3 Å². The van der Waals surface area contributed by atoms with Crippen LogP contribution in [0.2, 0.25) is 0 Å². The van der Waals surface area contributed by atoms with Crippen LogP contribution in [0.1, 0.15) is 25.3 Å². The summed E-state index contributed by atoms with van der Waals surface area (Å²) < 4.78 is 25.6. The molecule has 0 amide bonds. The van der Waals surface area contributed by atoms with E-state index >= 15 is 0 Å². The Bertz CT molecular complexity index is 511. The molecule has 0 aliphatic rings. The molecule has 0 fully saturated rings. The first kappa shape index (κ1) is 15.6. The molecule has 0 aliphatic heterocycles. The Morgan fingerprint density at radius 1 is 1.26 bits per heavy atom. The van der Waals surface area contributed by atoms with E-state index in [9.17, 15) is 18.5 Å². The maximum atomic E-state index is 11.5. The minimum atomic E-state index is -3.19. The Morgan fingerprint density at radius 2 is 1.89 bits per heavy atom. The molecule has 0 bridgehead atoms. The molecule has 6 nitrogen and oxygen atoms in total. The molecule has 1 aromatic carbocycles. The van der Waals surface area contributed by atoms with E-state index in [1.54, 1.807) is 12.1 Å². The van der Waals surface area contributed by atoms with E-state index in [0.29, 0.717) is 19.4 Å². The van der Waals surface area contributed by atoms with Gasteiger partial charge in [0.25, 0.3) is 5.69 Å². The molecule has 0 atom stereocenters. The lowest BCUT2D eigenvalue weighted by Gasteiger charge is -2.06. The average Bonchev–Trinajstić information content (AvgIpc) is 2.37. The maximum Gasteiger partial charge on any atom is 0.269 e. The SMILES string of the molecule is CCCCS(=O)(=O)NCCc1ccc([N+](=O)[O-])cc1.